The molecular weight excluding hydrogens is 373 g/mol. The highest BCUT2D eigenvalue weighted by Crippen LogP contribution is 2.28. The minimum absolute atomic E-state index is 0. The third-order valence-electron chi connectivity index (χ3n) is 3.87. The van der Waals surface area contributed by atoms with Crippen LogP contribution in [-0.2, 0) is 11.2 Å². The number of carbonyl (C=O) groups excluding carboxylic acids is 1. The van der Waals surface area contributed by atoms with Gasteiger partial charge in [-0.05, 0) is 11.6 Å². The van der Waals surface area contributed by atoms with Gasteiger partial charge in [0.2, 0.25) is 5.91 Å². The van der Waals surface area contributed by atoms with Crippen molar-refractivity contribution in [2.45, 2.75) is 18.9 Å². The molecule has 0 aliphatic carbocycles. The van der Waals surface area contributed by atoms with Gasteiger partial charge in [0.05, 0.1) is 6.04 Å². The van der Waals surface area contributed by atoms with Crippen LogP contribution in [0.1, 0.15) is 23.9 Å². The first kappa shape index (κ1) is 20.7. The molecule has 24 heavy (non-hydrogen) atoms. The number of nitrogens with zero attached hydrogens (tertiary/aromatic N) is 3. The second-order valence-electron chi connectivity index (χ2n) is 5.26. The molecule has 9 heteroatoms. The molecule has 1 atom stereocenters. The fourth-order valence-electron chi connectivity index (χ4n) is 2.75. The molecule has 0 saturated carbocycles. The van der Waals surface area contributed by atoms with Crippen LogP contribution >= 0.6 is 36.4 Å². The Morgan fingerprint density at radius 2 is 2.12 bits per heavy atom. The SMILES string of the molecule is Cl.Cl.O=C(CCc1ncn[nH]1)N1CCNCC1c1ccccc1Cl. The summed E-state index contributed by atoms with van der Waals surface area (Å²) in [7, 11) is 0. The number of halogens is 3. The minimum atomic E-state index is -0.0234. The van der Waals surface area contributed by atoms with E-state index in [1.807, 2.05) is 29.2 Å². The minimum Gasteiger partial charge on any atom is -0.333 e. The van der Waals surface area contributed by atoms with Crippen LogP contribution in [0.3, 0.4) is 0 Å². The lowest BCUT2D eigenvalue weighted by atomic mass is 10.0. The third-order valence-corrected chi connectivity index (χ3v) is 4.21. The van der Waals surface area contributed by atoms with Crippen LogP contribution in [0.5, 0.6) is 0 Å². The van der Waals surface area contributed by atoms with Crippen LogP contribution < -0.4 is 5.32 Å². The normalized spacial score (nSPS) is 16.9. The molecule has 1 aliphatic rings. The van der Waals surface area contributed by atoms with Crippen molar-refractivity contribution in [1.29, 1.82) is 0 Å². The van der Waals surface area contributed by atoms with E-state index in [1.54, 1.807) is 0 Å². The second kappa shape index (κ2) is 9.84. The molecule has 1 amide bonds. The maximum atomic E-state index is 12.6. The zero-order valence-corrected chi connectivity index (χ0v) is 15.3. The second-order valence-corrected chi connectivity index (χ2v) is 5.67. The highest BCUT2D eigenvalue weighted by Gasteiger charge is 2.28. The lowest BCUT2D eigenvalue weighted by Gasteiger charge is -2.37. The maximum absolute atomic E-state index is 12.6. The van der Waals surface area contributed by atoms with E-state index >= 15 is 0 Å². The van der Waals surface area contributed by atoms with Crippen LogP contribution in [-0.4, -0.2) is 45.6 Å². The summed E-state index contributed by atoms with van der Waals surface area (Å²) in [6, 6.07) is 7.68. The molecule has 1 aromatic heterocycles. The van der Waals surface area contributed by atoms with Gasteiger partial charge in [-0.25, -0.2) is 4.98 Å². The maximum Gasteiger partial charge on any atom is 0.223 e. The topological polar surface area (TPSA) is 73.9 Å². The molecule has 2 heterocycles. The monoisotopic (exact) mass is 391 g/mol. The molecule has 0 bridgehead atoms. The highest BCUT2D eigenvalue weighted by molar-refractivity contribution is 6.31. The number of piperazine rings is 1. The number of rotatable bonds is 4. The van der Waals surface area contributed by atoms with E-state index in [4.69, 9.17) is 11.6 Å². The van der Waals surface area contributed by atoms with Gasteiger partial charge in [0.15, 0.2) is 0 Å². The molecule has 0 spiro atoms. The van der Waals surface area contributed by atoms with E-state index in [0.717, 1.165) is 24.5 Å². The number of benzene rings is 1. The van der Waals surface area contributed by atoms with E-state index in [0.29, 0.717) is 24.4 Å². The van der Waals surface area contributed by atoms with Gasteiger partial charge in [0, 0.05) is 37.5 Å². The molecule has 0 radical (unpaired) electrons. The molecule has 2 N–H and O–H groups in total. The fraction of sp³-hybridized carbons (Fsp3) is 0.400. The molecular formula is C15H20Cl3N5O. The quantitative estimate of drug-likeness (QED) is 0.838. The summed E-state index contributed by atoms with van der Waals surface area (Å²) >= 11 is 6.30. The van der Waals surface area contributed by atoms with Gasteiger partial charge >= 0.3 is 0 Å². The highest BCUT2D eigenvalue weighted by atomic mass is 35.5. The van der Waals surface area contributed by atoms with Crippen molar-refractivity contribution >= 4 is 42.3 Å². The standard InChI is InChI=1S/C15H18ClN5O.2ClH/c16-12-4-2-1-3-11(12)13-9-17-7-8-21(13)15(22)6-5-14-18-10-19-20-14;;/h1-4,10,13,17H,5-9H2,(H,18,19,20);2*1H. The van der Waals surface area contributed by atoms with E-state index in [2.05, 4.69) is 20.5 Å². The average molecular weight is 393 g/mol. The van der Waals surface area contributed by atoms with Crippen LogP contribution in [0.15, 0.2) is 30.6 Å². The molecule has 2 aromatic rings. The van der Waals surface area contributed by atoms with Crippen LogP contribution in [0.2, 0.25) is 5.02 Å². The number of aromatic nitrogens is 3. The molecule has 1 unspecified atom stereocenters. The van der Waals surface area contributed by atoms with Gasteiger partial charge in [-0.15, -0.1) is 24.8 Å². The Balaban J connectivity index is 0.00000144. The zero-order valence-electron chi connectivity index (χ0n) is 12.9. The van der Waals surface area contributed by atoms with Gasteiger partial charge < -0.3 is 10.2 Å². The summed E-state index contributed by atoms with van der Waals surface area (Å²) in [6.07, 6.45) is 2.44. The fourth-order valence-corrected chi connectivity index (χ4v) is 3.01. The lowest BCUT2D eigenvalue weighted by molar-refractivity contribution is -0.134. The number of hydrogen-bond acceptors (Lipinski definition) is 4. The van der Waals surface area contributed by atoms with Gasteiger partial charge in [-0.1, -0.05) is 29.8 Å². The number of hydrogen-bond donors (Lipinski definition) is 2. The van der Waals surface area contributed by atoms with Crippen molar-refractivity contribution in [3.63, 3.8) is 0 Å². The number of aromatic amines is 1. The van der Waals surface area contributed by atoms with Crippen molar-refractivity contribution in [2.75, 3.05) is 19.6 Å². The Bertz CT molecular complexity index is 638. The van der Waals surface area contributed by atoms with Gasteiger partial charge in [-0.3, -0.25) is 9.89 Å². The third kappa shape index (κ3) is 4.83. The Hall–Kier alpha value is -1.34. The summed E-state index contributed by atoms with van der Waals surface area (Å²) < 4.78 is 0. The van der Waals surface area contributed by atoms with Crippen molar-refractivity contribution in [3.05, 3.63) is 47.0 Å². The molecule has 132 valence electrons. The number of carbonyl (C=O) groups is 1. The first-order valence-corrected chi connectivity index (χ1v) is 7.72. The lowest BCUT2D eigenvalue weighted by Crippen LogP contribution is -2.48. The first-order valence-electron chi connectivity index (χ1n) is 7.34. The summed E-state index contributed by atoms with van der Waals surface area (Å²) in [5.74, 6) is 0.848. The number of aryl methyl sites for hydroxylation is 1. The number of H-pyrrole nitrogens is 1. The van der Waals surface area contributed by atoms with Crippen LogP contribution in [0, 0.1) is 0 Å². The zero-order chi connectivity index (χ0) is 15.4. The average Bonchev–Trinajstić information content (AvgIpc) is 3.06. The van der Waals surface area contributed by atoms with E-state index in [-0.39, 0.29) is 36.8 Å². The van der Waals surface area contributed by atoms with Crippen molar-refractivity contribution in [3.8, 4) is 0 Å². The summed E-state index contributed by atoms with van der Waals surface area (Å²) in [5, 5.41) is 10.6. The van der Waals surface area contributed by atoms with E-state index < -0.39 is 0 Å². The largest absolute Gasteiger partial charge is 0.333 e. The molecule has 3 rings (SSSR count). The Labute approximate surface area is 158 Å². The summed E-state index contributed by atoms with van der Waals surface area (Å²) in [4.78, 5) is 18.5. The summed E-state index contributed by atoms with van der Waals surface area (Å²) in [5.41, 5.74) is 0.990. The summed E-state index contributed by atoms with van der Waals surface area (Å²) in [6.45, 7) is 2.21. The van der Waals surface area contributed by atoms with Crippen LogP contribution in [0.4, 0.5) is 0 Å². The van der Waals surface area contributed by atoms with E-state index in [1.165, 1.54) is 6.33 Å². The Morgan fingerprint density at radius 1 is 1.33 bits per heavy atom. The Morgan fingerprint density at radius 3 is 2.83 bits per heavy atom. The van der Waals surface area contributed by atoms with Gasteiger partial charge in [0.1, 0.15) is 12.2 Å². The van der Waals surface area contributed by atoms with Crippen LogP contribution in [0.25, 0.3) is 0 Å². The molecule has 1 aliphatic heterocycles. The van der Waals surface area contributed by atoms with E-state index in [9.17, 15) is 4.79 Å². The Kier molecular flexibility index (Phi) is 8.48. The molecule has 1 fully saturated rings. The van der Waals surface area contributed by atoms with Crippen molar-refractivity contribution in [2.24, 2.45) is 0 Å². The molecule has 1 aromatic carbocycles. The smallest absolute Gasteiger partial charge is 0.223 e. The molecule has 1 saturated heterocycles. The number of amides is 1. The van der Waals surface area contributed by atoms with Crippen molar-refractivity contribution in [1.82, 2.24) is 25.4 Å². The van der Waals surface area contributed by atoms with Gasteiger partial charge in [-0.2, -0.15) is 5.10 Å². The predicted octanol–water partition coefficient (Wildman–Crippen LogP) is 2.41. The predicted molar refractivity (Wildman–Crippen MR) is 98.0 cm³/mol. The van der Waals surface area contributed by atoms with Crippen molar-refractivity contribution < 1.29 is 4.79 Å². The number of nitrogens with one attached hydrogen (secondary N) is 2. The van der Waals surface area contributed by atoms with Gasteiger partial charge in [0.25, 0.3) is 0 Å². The first-order chi connectivity index (χ1) is 10.8. The molecule has 6 nitrogen and oxygen atoms in total.